The quantitative estimate of drug-likeness (QED) is 0.265. The maximum absolute atomic E-state index is 13.3. The van der Waals surface area contributed by atoms with Crippen LogP contribution < -0.4 is 19.2 Å². The van der Waals surface area contributed by atoms with Gasteiger partial charge >= 0.3 is 5.97 Å². The number of hydrogen-bond donors (Lipinski definition) is 3. The van der Waals surface area contributed by atoms with Gasteiger partial charge in [-0.1, -0.05) is 48.5 Å². The zero-order chi connectivity index (χ0) is 28.5. The smallest absolute Gasteiger partial charge is 0.323 e. The van der Waals surface area contributed by atoms with E-state index in [2.05, 4.69) is 9.44 Å². The second-order valence-corrected chi connectivity index (χ2v) is 12.8. The Morgan fingerprint density at radius 2 is 1.10 bits per heavy atom. The Kier molecular flexibility index (Phi) is 7.84. The number of aliphatic carboxylic acids is 1. The molecule has 0 spiro atoms. The normalized spacial score (nSPS) is 12.9. The van der Waals surface area contributed by atoms with Gasteiger partial charge in [0.15, 0.2) is 0 Å². The van der Waals surface area contributed by atoms with Crippen molar-refractivity contribution in [1.29, 1.82) is 0 Å². The molecule has 1 unspecified atom stereocenters. The minimum Gasteiger partial charge on any atom is -0.480 e. The fourth-order valence-electron chi connectivity index (χ4n) is 4.48. The minimum atomic E-state index is -4.35. The van der Waals surface area contributed by atoms with E-state index in [9.17, 15) is 26.7 Å². The van der Waals surface area contributed by atoms with Gasteiger partial charge in [-0.15, -0.1) is 0 Å². The Balaban J connectivity index is 1.64. The number of sulfonamides is 2. The predicted molar refractivity (Wildman–Crippen MR) is 153 cm³/mol. The van der Waals surface area contributed by atoms with E-state index in [0.29, 0.717) is 21.5 Å². The van der Waals surface area contributed by atoms with Crippen LogP contribution in [0, 0.1) is 0 Å². The molecule has 0 heterocycles. The van der Waals surface area contributed by atoms with Crippen LogP contribution in [0.1, 0.15) is 0 Å². The average Bonchev–Trinajstić information content (AvgIpc) is 2.89. The number of carbonyl (C=O) groups is 1. The molecule has 4 aromatic rings. The predicted octanol–water partition coefficient (Wildman–Crippen LogP) is 2.83. The Hall–Kier alpha value is -3.71. The maximum Gasteiger partial charge on any atom is 0.323 e. The van der Waals surface area contributed by atoms with Crippen LogP contribution >= 0.6 is 0 Å². The highest BCUT2D eigenvalue weighted by atomic mass is 32.2. The monoisotopic (exact) mass is 570 g/mol. The number of fused-ring (bicyclic) bond motifs is 2. The summed E-state index contributed by atoms with van der Waals surface area (Å²) in [6.45, 7) is -0.700. The number of nitrogens with zero attached hydrogens (tertiary/aromatic N) is 2. The van der Waals surface area contributed by atoms with Crippen molar-refractivity contribution in [2.45, 2.75) is 15.8 Å². The van der Waals surface area contributed by atoms with Crippen molar-refractivity contribution in [3.8, 4) is 0 Å². The second-order valence-electron chi connectivity index (χ2n) is 9.41. The van der Waals surface area contributed by atoms with E-state index in [1.807, 2.05) is 50.1 Å². The molecule has 0 amide bonds. The summed E-state index contributed by atoms with van der Waals surface area (Å²) in [5.74, 6) is -1.52. The highest BCUT2D eigenvalue weighted by Crippen LogP contribution is 2.31. The third kappa shape index (κ3) is 5.69. The summed E-state index contributed by atoms with van der Waals surface area (Å²) < 4.78 is 57.7. The van der Waals surface area contributed by atoms with Gasteiger partial charge in [0.1, 0.15) is 6.04 Å². The van der Waals surface area contributed by atoms with E-state index in [4.69, 9.17) is 0 Å². The van der Waals surface area contributed by atoms with Crippen molar-refractivity contribution in [3.63, 3.8) is 0 Å². The molecule has 4 rings (SSSR count). The number of nitrogens with one attached hydrogen (secondary N) is 2. The Morgan fingerprint density at radius 3 is 1.54 bits per heavy atom. The lowest BCUT2D eigenvalue weighted by Crippen LogP contribution is -2.48. The van der Waals surface area contributed by atoms with Crippen LogP contribution in [0.2, 0.25) is 0 Å². The SMILES string of the molecule is CN(C)c1cccc2c(S(=O)(=O)NCC(NS(=O)(=O)c3cccc4c(N(C)C)cccc34)C(=O)O)cccc12. The third-order valence-corrected chi connectivity index (χ3v) is 9.35. The number of carboxylic acids is 1. The maximum atomic E-state index is 13.3. The highest BCUT2D eigenvalue weighted by molar-refractivity contribution is 7.90. The van der Waals surface area contributed by atoms with E-state index in [0.717, 1.165) is 11.4 Å². The summed E-state index contributed by atoms with van der Waals surface area (Å²) in [6.07, 6.45) is 0. The van der Waals surface area contributed by atoms with Gasteiger partial charge in [0, 0.05) is 67.7 Å². The minimum absolute atomic E-state index is 0.0408. The molecular weight excluding hydrogens is 540 g/mol. The molecule has 0 radical (unpaired) electrons. The van der Waals surface area contributed by atoms with Gasteiger partial charge in [-0.25, -0.2) is 21.6 Å². The summed E-state index contributed by atoms with van der Waals surface area (Å²) >= 11 is 0. The standard InChI is InChI=1S/C27H30N4O6S2/c1-30(2)23-13-5-11-20-18(23)9-7-15-25(20)38(34,35)28-17-22(27(32)33)29-39(36,37)26-16-8-10-19-21(26)12-6-14-24(19)31(3)4/h5-16,22,28-29H,17H2,1-4H3,(H,32,33). The van der Waals surface area contributed by atoms with Crippen LogP contribution in [0.4, 0.5) is 11.4 Å². The molecule has 0 bridgehead atoms. The lowest BCUT2D eigenvalue weighted by molar-refractivity contribution is -0.138. The first kappa shape index (κ1) is 28.3. The van der Waals surface area contributed by atoms with Crippen LogP contribution in [-0.4, -0.2) is 68.7 Å². The molecule has 0 aromatic heterocycles. The molecule has 0 saturated carbocycles. The number of benzene rings is 4. The molecule has 1 atom stereocenters. The fourth-order valence-corrected chi connectivity index (χ4v) is 7.16. The molecule has 10 nitrogen and oxygen atoms in total. The second kappa shape index (κ2) is 10.8. The van der Waals surface area contributed by atoms with Gasteiger partial charge < -0.3 is 14.9 Å². The molecule has 0 fully saturated rings. The van der Waals surface area contributed by atoms with Gasteiger partial charge in [-0.2, -0.15) is 4.72 Å². The van der Waals surface area contributed by atoms with Crippen LogP contribution in [0.25, 0.3) is 21.5 Å². The van der Waals surface area contributed by atoms with Gasteiger partial charge in [-0.3, -0.25) is 4.79 Å². The molecule has 0 saturated heterocycles. The van der Waals surface area contributed by atoms with Gasteiger partial charge in [-0.05, 0) is 24.3 Å². The highest BCUT2D eigenvalue weighted by Gasteiger charge is 2.29. The van der Waals surface area contributed by atoms with Crippen molar-refractivity contribution in [2.24, 2.45) is 0 Å². The van der Waals surface area contributed by atoms with Crippen molar-refractivity contribution < 1.29 is 26.7 Å². The summed E-state index contributed by atoms with van der Waals surface area (Å²) in [5, 5.41) is 12.0. The van der Waals surface area contributed by atoms with E-state index < -0.39 is 38.6 Å². The van der Waals surface area contributed by atoms with E-state index >= 15 is 0 Å². The topological polar surface area (TPSA) is 136 Å². The molecule has 0 aliphatic rings. The third-order valence-electron chi connectivity index (χ3n) is 6.33. The molecule has 0 aliphatic carbocycles. The number of rotatable bonds is 10. The summed E-state index contributed by atoms with van der Waals surface area (Å²) in [4.78, 5) is 15.6. The first-order valence-corrected chi connectivity index (χ1v) is 14.9. The van der Waals surface area contributed by atoms with E-state index in [1.165, 1.54) is 12.1 Å². The van der Waals surface area contributed by atoms with Crippen molar-refractivity contribution in [1.82, 2.24) is 9.44 Å². The largest absolute Gasteiger partial charge is 0.480 e. The molecular formula is C27H30N4O6S2. The van der Waals surface area contributed by atoms with Gasteiger partial charge in [0.05, 0.1) is 9.79 Å². The molecule has 0 aliphatic heterocycles. The van der Waals surface area contributed by atoms with Gasteiger partial charge in [0.25, 0.3) is 0 Å². The summed E-state index contributed by atoms with van der Waals surface area (Å²) in [7, 11) is -1.20. The van der Waals surface area contributed by atoms with Crippen molar-refractivity contribution in [3.05, 3.63) is 72.8 Å². The van der Waals surface area contributed by atoms with Crippen LogP contribution in [0.15, 0.2) is 82.6 Å². The van der Waals surface area contributed by atoms with E-state index in [-0.39, 0.29) is 9.79 Å². The van der Waals surface area contributed by atoms with Crippen LogP contribution in [-0.2, 0) is 24.8 Å². The Bertz CT molecular complexity index is 1770. The van der Waals surface area contributed by atoms with Crippen molar-refractivity contribution in [2.75, 3.05) is 44.5 Å². The number of hydrogen-bond acceptors (Lipinski definition) is 7. The molecule has 12 heteroatoms. The average molecular weight is 571 g/mol. The van der Waals surface area contributed by atoms with E-state index in [1.54, 1.807) is 48.5 Å². The van der Waals surface area contributed by atoms with Crippen molar-refractivity contribution >= 4 is 58.9 Å². The lowest BCUT2D eigenvalue weighted by Gasteiger charge is -2.19. The van der Waals surface area contributed by atoms with Gasteiger partial charge in [0.2, 0.25) is 20.0 Å². The lowest BCUT2D eigenvalue weighted by atomic mass is 10.1. The molecule has 206 valence electrons. The van der Waals surface area contributed by atoms with Crippen LogP contribution in [0.3, 0.4) is 0 Å². The zero-order valence-electron chi connectivity index (χ0n) is 21.9. The first-order chi connectivity index (χ1) is 18.3. The first-order valence-electron chi connectivity index (χ1n) is 12.0. The zero-order valence-corrected chi connectivity index (χ0v) is 23.5. The summed E-state index contributed by atoms with van der Waals surface area (Å²) in [5.41, 5.74) is 1.60. The Labute approximate surface area is 228 Å². The fraction of sp³-hybridized carbons (Fsp3) is 0.222. The molecule has 3 N–H and O–H groups in total. The number of anilines is 2. The Morgan fingerprint density at radius 1 is 0.692 bits per heavy atom. The molecule has 39 heavy (non-hydrogen) atoms. The summed E-state index contributed by atoms with van der Waals surface area (Å²) in [6, 6.07) is 18.2. The van der Waals surface area contributed by atoms with Crippen LogP contribution in [0.5, 0.6) is 0 Å². The molecule has 4 aromatic carbocycles. The number of carboxylic acid groups (broad SMARTS) is 1.